The van der Waals surface area contributed by atoms with Crippen LogP contribution in [0.15, 0.2) is 71.1 Å². The van der Waals surface area contributed by atoms with E-state index in [4.69, 9.17) is 14.0 Å². The van der Waals surface area contributed by atoms with Gasteiger partial charge in [-0.25, -0.2) is 9.86 Å². The van der Waals surface area contributed by atoms with E-state index in [0.29, 0.717) is 29.7 Å². The lowest BCUT2D eigenvalue weighted by molar-refractivity contribution is -0.182. The molecule has 1 unspecified atom stereocenters. The largest absolute Gasteiger partial charge is 0.465 e. The highest BCUT2D eigenvalue weighted by atomic mass is 16.7. The van der Waals surface area contributed by atoms with E-state index in [2.05, 4.69) is 17.6 Å². The molecule has 10 heteroatoms. The van der Waals surface area contributed by atoms with E-state index in [0.717, 1.165) is 29.9 Å². The number of hydrogen-bond donors (Lipinski definition) is 2. The molecule has 40 heavy (non-hydrogen) atoms. The number of nitrogens with zero attached hydrogens (tertiary/aromatic N) is 1. The maximum atomic E-state index is 13.0. The maximum Gasteiger partial charge on any atom is 0.337 e. The van der Waals surface area contributed by atoms with Crippen LogP contribution in [0, 0.1) is 5.92 Å². The normalized spacial score (nSPS) is 11.3. The average Bonchev–Trinajstić information content (AvgIpc) is 3.49. The molecule has 3 aromatic rings. The fraction of sp³-hybridized carbons (Fsp3) is 0.333. The molecule has 2 N–H and O–H groups in total. The molecular weight excluding hydrogens is 514 g/mol. The summed E-state index contributed by atoms with van der Waals surface area (Å²) < 4.78 is 10.3. The third-order valence-corrected chi connectivity index (χ3v) is 6.22. The summed E-state index contributed by atoms with van der Waals surface area (Å²) in [7, 11) is 1.31. The number of ether oxygens (including phenoxy) is 1. The molecule has 1 heterocycles. The van der Waals surface area contributed by atoms with Crippen molar-refractivity contribution in [2.45, 2.75) is 39.2 Å². The van der Waals surface area contributed by atoms with Crippen molar-refractivity contribution in [1.82, 2.24) is 15.7 Å². The molecule has 0 spiro atoms. The lowest BCUT2D eigenvalue weighted by atomic mass is 10.0. The van der Waals surface area contributed by atoms with Crippen molar-refractivity contribution in [3.05, 3.63) is 83.6 Å². The number of hydrogen-bond acceptors (Lipinski definition) is 7. The molecule has 0 bridgehead atoms. The van der Waals surface area contributed by atoms with E-state index < -0.39 is 17.8 Å². The first-order valence-corrected chi connectivity index (χ1v) is 13.2. The summed E-state index contributed by atoms with van der Waals surface area (Å²) in [6.45, 7) is 2.26. The molecular formula is C30H35N3O7. The summed E-state index contributed by atoms with van der Waals surface area (Å²) >= 11 is 0. The van der Waals surface area contributed by atoms with E-state index in [1.165, 1.54) is 13.2 Å². The monoisotopic (exact) mass is 549 g/mol. The number of methoxy groups -OCH3 is 1. The predicted molar refractivity (Wildman–Crippen MR) is 148 cm³/mol. The van der Waals surface area contributed by atoms with Gasteiger partial charge in [0.05, 0.1) is 31.8 Å². The first kappa shape index (κ1) is 30.1. The number of carbonyl (C=O) groups is 4. The average molecular weight is 550 g/mol. The Bertz CT molecular complexity index is 1240. The molecule has 0 saturated heterocycles. The number of amides is 3. The van der Waals surface area contributed by atoms with Crippen LogP contribution in [0.5, 0.6) is 0 Å². The van der Waals surface area contributed by atoms with Crippen LogP contribution < -0.4 is 10.6 Å². The fourth-order valence-electron chi connectivity index (χ4n) is 3.97. The van der Waals surface area contributed by atoms with Crippen molar-refractivity contribution >= 4 is 24.2 Å². The minimum atomic E-state index is -0.507. The molecule has 0 aliphatic rings. The molecule has 0 saturated carbocycles. The Morgan fingerprint density at radius 1 is 0.975 bits per heavy atom. The van der Waals surface area contributed by atoms with Crippen LogP contribution in [0.4, 0.5) is 0 Å². The molecule has 2 aromatic carbocycles. The highest BCUT2D eigenvalue weighted by Gasteiger charge is 2.22. The van der Waals surface area contributed by atoms with Crippen molar-refractivity contribution in [2.24, 2.45) is 5.92 Å². The van der Waals surface area contributed by atoms with Gasteiger partial charge >= 0.3 is 5.97 Å². The van der Waals surface area contributed by atoms with Crippen LogP contribution in [-0.2, 0) is 25.8 Å². The van der Waals surface area contributed by atoms with Gasteiger partial charge in [0.2, 0.25) is 12.3 Å². The second-order valence-electron chi connectivity index (χ2n) is 9.11. The number of furan rings is 1. The molecule has 10 nitrogen and oxygen atoms in total. The minimum absolute atomic E-state index is 0.0715. The number of nitrogens with one attached hydrogen (secondary N) is 2. The van der Waals surface area contributed by atoms with Crippen LogP contribution in [0.2, 0.25) is 0 Å². The van der Waals surface area contributed by atoms with E-state index in [9.17, 15) is 19.2 Å². The van der Waals surface area contributed by atoms with Gasteiger partial charge in [0.1, 0.15) is 12.4 Å². The zero-order valence-electron chi connectivity index (χ0n) is 22.8. The Morgan fingerprint density at radius 3 is 2.40 bits per heavy atom. The predicted octanol–water partition coefficient (Wildman–Crippen LogP) is 4.32. The molecule has 0 fully saturated rings. The van der Waals surface area contributed by atoms with Gasteiger partial charge in [-0.1, -0.05) is 68.7 Å². The van der Waals surface area contributed by atoms with Gasteiger partial charge in [-0.2, -0.15) is 0 Å². The molecule has 0 radical (unpaired) electrons. The van der Waals surface area contributed by atoms with E-state index in [1.807, 2.05) is 30.3 Å². The topological polar surface area (TPSA) is 127 Å². The minimum Gasteiger partial charge on any atom is -0.465 e. The first-order valence-electron chi connectivity index (χ1n) is 13.2. The third kappa shape index (κ3) is 9.09. The summed E-state index contributed by atoms with van der Waals surface area (Å²) in [4.78, 5) is 54.4. The molecule has 3 rings (SSSR count). The highest BCUT2D eigenvalue weighted by molar-refractivity contribution is 5.92. The van der Waals surface area contributed by atoms with Gasteiger partial charge in [-0.05, 0) is 36.2 Å². The number of esters is 1. The Labute approximate surface area is 233 Å². The van der Waals surface area contributed by atoms with Gasteiger partial charge in [0.25, 0.3) is 5.91 Å². The zero-order valence-corrected chi connectivity index (χ0v) is 22.8. The summed E-state index contributed by atoms with van der Waals surface area (Å²) in [5, 5.41) is 6.48. The van der Waals surface area contributed by atoms with Crippen molar-refractivity contribution < 1.29 is 33.2 Å². The molecule has 3 amide bonds. The Hall–Kier alpha value is -4.44. The van der Waals surface area contributed by atoms with Crippen molar-refractivity contribution in [3.8, 4) is 11.3 Å². The van der Waals surface area contributed by atoms with Crippen LogP contribution in [0.3, 0.4) is 0 Å². The number of unbranched alkanes of at least 4 members (excludes halogenated alkanes) is 2. The standard InChI is InChI=1S/C30H35N3O7/c1-3-4-6-11-25(18-33(21-34)39-19-22-9-7-5-8-10-22)28(35)31-20-32-29(36)27-17-16-26(40-27)23-12-14-24(15-13-23)30(37)38-2/h5,7-10,12-17,21,25H,3-4,6,11,18-20H2,1-2H3,(H,31,35)(H,32,36). The number of carbonyl (C=O) groups excluding carboxylic acids is 4. The van der Waals surface area contributed by atoms with Gasteiger partial charge in [0, 0.05) is 5.56 Å². The van der Waals surface area contributed by atoms with Crippen LogP contribution in [0.25, 0.3) is 11.3 Å². The van der Waals surface area contributed by atoms with Gasteiger partial charge in [0.15, 0.2) is 5.76 Å². The number of benzene rings is 2. The molecule has 0 aliphatic heterocycles. The molecule has 212 valence electrons. The third-order valence-electron chi connectivity index (χ3n) is 6.22. The zero-order chi connectivity index (χ0) is 28.7. The van der Waals surface area contributed by atoms with E-state index in [-0.39, 0.29) is 31.5 Å². The van der Waals surface area contributed by atoms with E-state index in [1.54, 1.807) is 30.3 Å². The number of rotatable bonds is 16. The smallest absolute Gasteiger partial charge is 0.337 e. The molecule has 1 aromatic heterocycles. The summed E-state index contributed by atoms with van der Waals surface area (Å²) in [5.74, 6) is -1.22. The van der Waals surface area contributed by atoms with Crippen LogP contribution >= 0.6 is 0 Å². The second kappa shape index (κ2) is 15.8. The molecule has 1 atom stereocenters. The lowest BCUT2D eigenvalue weighted by Gasteiger charge is -2.23. The van der Waals surface area contributed by atoms with Gasteiger partial charge < -0.3 is 19.8 Å². The van der Waals surface area contributed by atoms with Crippen LogP contribution in [-0.4, -0.2) is 49.6 Å². The maximum absolute atomic E-state index is 13.0. The highest BCUT2D eigenvalue weighted by Crippen LogP contribution is 2.23. The van der Waals surface area contributed by atoms with Crippen LogP contribution in [0.1, 0.15) is 59.1 Å². The lowest BCUT2D eigenvalue weighted by Crippen LogP contribution is -2.43. The van der Waals surface area contributed by atoms with Gasteiger partial charge in [-0.15, -0.1) is 0 Å². The van der Waals surface area contributed by atoms with Crippen molar-refractivity contribution in [2.75, 3.05) is 20.3 Å². The Balaban J connectivity index is 1.52. The summed E-state index contributed by atoms with van der Waals surface area (Å²) in [6, 6.07) is 19.2. The molecule has 0 aliphatic carbocycles. The van der Waals surface area contributed by atoms with Crippen molar-refractivity contribution in [3.63, 3.8) is 0 Å². The quantitative estimate of drug-likeness (QED) is 0.0895. The second-order valence-corrected chi connectivity index (χ2v) is 9.11. The van der Waals surface area contributed by atoms with Gasteiger partial charge in [-0.3, -0.25) is 19.2 Å². The van der Waals surface area contributed by atoms with Crippen molar-refractivity contribution in [1.29, 1.82) is 0 Å². The van der Waals surface area contributed by atoms with E-state index >= 15 is 0 Å². The Morgan fingerprint density at radius 2 is 1.73 bits per heavy atom. The SMILES string of the molecule is CCCCCC(CN(C=O)OCc1ccccc1)C(=O)NCNC(=O)c1ccc(-c2ccc(C(=O)OC)cc2)o1. The number of hydroxylamine groups is 2. The summed E-state index contributed by atoms with van der Waals surface area (Å²) in [5.41, 5.74) is 1.99. The fourth-order valence-corrected chi connectivity index (χ4v) is 3.97. The summed E-state index contributed by atoms with van der Waals surface area (Å²) in [6.07, 6.45) is 3.92. The Kier molecular flexibility index (Phi) is 11.9. The first-order chi connectivity index (χ1) is 19.4.